The van der Waals surface area contributed by atoms with Crippen molar-refractivity contribution in [1.29, 1.82) is 0 Å². The summed E-state index contributed by atoms with van der Waals surface area (Å²) in [6, 6.07) is 7.11. The van der Waals surface area contributed by atoms with Gasteiger partial charge in [-0.25, -0.2) is 9.97 Å². The molecule has 1 unspecified atom stereocenters. The predicted octanol–water partition coefficient (Wildman–Crippen LogP) is 4.93. The number of thiophene rings is 1. The zero-order valence-electron chi connectivity index (χ0n) is 14.8. The van der Waals surface area contributed by atoms with Crippen molar-refractivity contribution in [2.75, 3.05) is 5.32 Å². The Kier molecular flexibility index (Phi) is 5.38. The molecule has 0 aliphatic rings. The molecule has 3 heterocycles. The zero-order chi connectivity index (χ0) is 19.7. The lowest BCUT2D eigenvalue weighted by atomic mass is 10.1. The van der Waals surface area contributed by atoms with E-state index in [-0.39, 0.29) is 11.5 Å². The van der Waals surface area contributed by atoms with E-state index in [1.54, 1.807) is 11.6 Å². The van der Waals surface area contributed by atoms with E-state index < -0.39 is 6.04 Å². The van der Waals surface area contributed by atoms with Gasteiger partial charge in [0.05, 0.1) is 11.7 Å². The number of halogens is 1. The topological polar surface area (TPSA) is 76.9 Å². The summed E-state index contributed by atoms with van der Waals surface area (Å²) in [5, 5.41) is 7.54. The second kappa shape index (κ2) is 7.94. The molecule has 0 radical (unpaired) electrons. The van der Waals surface area contributed by atoms with Gasteiger partial charge in [0, 0.05) is 27.0 Å². The molecule has 4 rings (SSSR count). The molecule has 3 aromatic heterocycles. The average Bonchev–Trinajstić information content (AvgIpc) is 3.35. The Bertz CT molecular complexity index is 1180. The predicted molar refractivity (Wildman–Crippen MR) is 117 cm³/mol. The molecule has 0 bridgehead atoms. The largest absolute Gasteiger partial charge is 0.300 e. The molecule has 4 aromatic rings. The highest BCUT2D eigenvalue weighted by atomic mass is 79.9. The van der Waals surface area contributed by atoms with Crippen LogP contribution in [0.4, 0.5) is 5.13 Å². The zero-order valence-corrected chi connectivity index (χ0v) is 18.0. The molecule has 0 spiro atoms. The number of carbonyl (C=O) groups excluding carboxylic acids is 1. The molecule has 1 N–H and O–H groups in total. The lowest BCUT2D eigenvalue weighted by molar-refractivity contribution is -0.119. The highest BCUT2D eigenvalue weighted by Gasteiger charge is 2.23. The van der Waals surface area contributed by atoms with Crippen molar-refractivity contribution >= 4 is 59.9 Å². The van der Waals surface area contributed by atoms with E-state index in [1.165, 1.54) is 33.6 Å². The molecule has 28 heavy (non-hydrogen) atoms. The smallest absolute Gasteiger partial charge is 0.263 e. The number of fused-ring (bicyclic) bond motifs is 1. The number of hydrogen-bond donors (Lipinski definition) is 1. The van der Waals surface area contributed by atoms with Crippen LogP contribution < -0.4 is 10.9 Å². The SMILES string of the molecule is CCC(C(=O)Nc1nccs1)n1cnc2scc(-c3ccc(Br)cc3)c2c1=O. The van der Waals surface area contributed by atoms with E-state index in [0.717, 1.165) is 15.6 Å². The first kappa shape index (κ1) is 19.0. The lowest BCUT2D eigenvalue weighted by Crippen LogP contribution is -2.33. The lowest BCUT2D eigenvalue weighted by Gasteiger charge is -2.16. The third-order valence-electron chi connectivity index (χ3n) is 4.36. The molecule has 0 saturated heterocycles. The highest BCUT2D eigenvalue weighted by molar-refractivity contribution is 9.10. The van der Waals surface area contributed by atoms with Gasteiger partial charge in [0.15, 0.2) is 5.13 Å². The second-order valence-corrected chi connectivity index (χ2v) is 8.71. The molecule has 9 heteroatoms. The summed E-state index contributed by atoms with van der Waals surface area (Å²) in [6.45, 7) is 1.87. The molecule has 142 valence electrons. The van der Waals surface area contributed by atoms with Crippen LogP contribution in [0.5, 0.6) is 0 Å². The Morgan fingerprint density at radius 1 is 1.25 bits per heavy atom. The van der Waals surface area contributed by atoms with Gasteiger partial charge in [-0.15, -0.1) is 22.7 Å². The number of anilines is 1. The van der Waals surface area contributed by atoms with Crippen LogP contribution in [0.3, 0.4) is 0 Å². The van der Waals surface area contributed by atoms with Gasteiger partial charge in [0.2, 0.25) is 5.91 Å². The van der Waals surface area contributed by atoms with Crippen LogP contribution in [0.15, 0.2) is 56.8 Å². The Morgan fingerprint density at radius 2 is 2.04 bits per heavy atom. The van der Waals surface area contributed by atoms with Gasteiger partial charge in [-0.05, 0) is 24.1 Å². The summed E-state index contributed by atoms with van der Waals surface area (Å²) in [5.74, 6) is -0.277. The van der Waals surface area contributed by atoms with E-state index in [1.807, 2.05) is 36.6 Å². The van der Waals surface area contributed by atoms with Gasteiger partial charge in [-0.1, -0.05) is 35.0 Å². The van der Waals surface area contributed by atoms with Crippen LogP contribution in [-0.4, -0.2) is 20.4 Å². The van der Waals surface area contributed by atoms with Crippen LogP contribution in [0, 0.1) is 0 Å². The number of aromatic nitrogens is 3. The number of thiazole rings is 1. The maximum Gasteiger partial charge on any atom is 0.263 e. The summed E-state index contributed by atoms with van der Waals surface area (Å²) < 4.78 is 2.39. The molecule has 1 atom stereocenters. The second-order valence-electron chi connectivity index (χ2n) is 6.04. The molecule has 0 fully saturated rings. The fourth-order valence-corrected chi connectivity index (χ4v) is 4.69. The summed E-state index contributed by atoms with van der Waals surface area (Å²) in [5.41, 5.74) is 1.55. The first-order valence-corrected chi connectivity index (χ1v) is 11.1. The maximum absolute atomic E-state index is 13.3. The van der Waals surface area contributed by atoms with Gasteiger partial charge in [0.1, 0.15) is 10.9 Å². The molecular weight excluding hydrogens is 460 g/mol. The number of hydrogen-bond acceptors (Lipinski definition) is 6. The molecule has 0 aliphatic carbocycles. The van der Waals surface area contributed by atoms with E-state index in [2.05, 4.69) is 31.2 Å². The first-order valence-electron chi connectivity index (χ1n) is 8.53. The number of nitrogens with zero attached hydrogens (tertiary/aromatic N) is 3. The van der Waals surface area contributed by atoms with Crippen molar-refractivity contribution in [2.45, 2.75) is 19.4 Å². The molecule has 1 aromatic carbocycles. The van der Waals surface area contributed by atoms with E-state index in [0.29, 0.717) is 21.8 Å². The van der Waals surface area contributed by atoms with Crippen LogP contribution in [0.25, 0.3) is 21.3 Å². The Balaban J connectivity index is 1.78. The standard InChI is InChI=1S/C19H15BrN4O2S2/c1-2-14(16(25)23-19-21-7-8-27-19)24-10-22-17-15(18(24)26)13(9-28-17)11-3-5-12(20)6-4-11/h3-10,14H,2H2,1H3,(H,21,23,25). The monoisotopic (exact) mass is 474 g/mol. The fraction of sp³-hybridized carbons (Fsp3) is 0.158. The minimum atomic E-state index is -0.661. The van der Waals surface area contributed by atoms with Gasteiger partial charge >= 0.3 is 0 Å². The van der Waals surface area contributed by atoms with Crippen LogP contribution >= 0.6 is 38.6 Å². The normalized spacial score (nSPS) is 12.2. The quantitative estimate of drug-likeness (QED) is 0.444. The summed E-state index contributed by atoms with van der Waals surface area (Å²) in [7, 11) is 0. The van der Waals surface area contributed by atoms with Crippen LogP contribution in [0.1, 0.15) is 19.4 Å². The van der Waals surface area contributed by atoms with Crippen molar-refractivity contribution in [3.05, 3.63) is 62.4 Å². The Hall–Kier alpha value is -2.36. The summed E-state index contributed by atoms with van der Waals surface area (Å²) in [6.07, 6.45) is 3.54. The van der Waals surface area contributed by atoms with Crippen molar-refractivity contribution in [1.82, 2.24) is 14.5 Å². The van der Waals surface area contributed by atoms with Crippen LogP contribution in [0.2, 0.25) is 0 Å². The van der Waals surface area contributed by atoms with Crippen molar-refractivity contribution in [2.24, 2.45) is 0 Å². The highest BCUT2D eigenvalue weighted by Crippen LogP contribution is 2.31. The van der Waals surface area contributed by atoms with E-state index >= 15 is 0 Å². The molecule has 0 aliphatic heterocycles. The summed E-state index contributed by atoms with van der Waals surface area (Å²) >= 11 is 6.19. The van der Waals surface area contributed by atoms with E-state index in [4.69, 9.17) is 0 Å². The third kappa shape index (κ3) is 3.52. The first-order chi connectivity index (χ1) is 13.6. The number of carbonyl (C=O) groups is 1. The number of amides is 1. The Morgan fingerprint density at radius 3 is 2.71 bits per heavy atom. The average molecular weight is 475 g/mol. The Labute approximate surface area is 177 Å². The van der Waals surface area contributed by atoms with Gasteiger partial charge < -0.3 is 5.32 Å². The minimum absolute atomic E-state index is 0.217. The molecule has 0 saturated carbocycles. The molecular formula is C19H15BrN4O2S2. The van der Waals surface area contributed by atoms with Crippen LogP contribution in [-0.2, 0) is 4.79 Å². The number of nitrogens with one attached hydrogen (secondary N) is 1. The van der Waals surface area contributed by atoms with E-state index in [9.17, 15) is 9.59 Å². The summed E-state index contributed by atoms with van der Waals surface area (Å²) in [4.78, 5) is 35.2. The maximum atomic E-state index is 13.3. The molecule has 1 amide bonds. The minimum Gasteiger partial charge on any atom is -0.300 e. The van der Waals surface area contributed by atoms with Crippen molar-refractivity contribution < 1.29 is 4.79 Å². The van der Waals surface area contributed by atoms with Gasteiger partial charge in [0.25, 0.3) is 5.56 Å². The molecule has 6 nitrogen and oxygen atoms in total. The van der Waals surface area contributed by atoms with Crippen molar-refractivity contribution in [3.8, 4) is 11.1 Å². The van der Waals surface area contributed by atoms with Gasteiger partial charge in [-0.2, -0.15) is 0 Å². The number of benzene rings is 1. The van der Waals surface area contributed by atoms with Crippen molar-refractivity contribution in [3.63, 3.8) is 0 Å². The number of rotatable bonds is 5. The third-order valence-corrected chi connectivity index (χ3v) is 6.47. The van der Waals surface area contributed by atoms with Gasteiger partial charge in [-0.3, -0.25) is 14.2 Å². The fourth-order valence-electron chi connectivity index (χ4n) is 2.99.